The first-order chi connectivity index (χ1) is 11.9. The van der Waals surface area contributed by atoms with Crippen LogP contribution in [0.25, 0.3) is 11.3 Å². The Labute approximate surface area is 144 Å². The minimum absolute atomic E-state index is 0.146. The molecule has 2 fully saturated rings. The Balaban J connectivity index is 1.53. The molecule has 25 heavy (non-hydrogen) atoms. The highest BCUT2D eigenvalue weighted by molar-refractivity contribution is 5.93. The van der Waals surface area contributed by atoms with E-state index in [1.807, 2.05) is 30.3 Å². The number of hydrogen-bond donors (Lipinski definition) is 0. The number of hydrogen-bond acceptors (Lipinski definition) is 3. The molecule has 2 aromatic rings. The zero-order valence-corrected chi connectivity index (χ0v) is 14.0. The van der Waals surface area contributed by atoms with Crippen LogP contribution in [0.1, 0.15) is 16.9 Å². The second-order valence-electron chi connectivity index (χ2n) is 6.84. The Morgan fingerprint density at radius 3 is 2.76 bits per heavy atom. The van der Waals surface area contributed by atoms with Gasteiger partial charge in [-0.25, -0.2) is 8.78 Å². The summed E-state index contributed by atoms with van der Waals surface area (Å²) in [6, 6.07) is 11.2. The first-order valence-electron chi connectivity index (χ1n) is 8.43. The molecule has 0 radical (unpaired) electrons. The standard InChI is InChI=1S/C18H20F2N4O/c1-22-16(9-15(21-22)13-5-3-2-4-6-13)17(25)23-7-8-24-12-18(19,20)10-14(24)11-23/h2-6,9,14H,7-8,10-12H2,1H3/t14-/m0/s1. The number of aromatic nitrogens is 2. The molecule has 0 unspecified atom stereocenters. The number of rotatable bonds is 2. The third kappa shape index (κ3) is 3.04. The van der Waals surface area contributed by atoms with E-state index in [9.17, 15) is 13.6 Å². The lowest BCUT2D eigenvalue weighted by Gasteiger charge is -2.36. The van der Waals surface area contributed by atoms with Crippen molar-refractivity contribution in [2.75, 3.05) is 26.2 Å². The number of amides is 1. The van der Waals surface area contributed by atoms with Crippen molar-refractivity contribution >= 4 is 5.91 Å². The van der Waals surface area contributed by atoms with Gasteiger partial charge in [-0.2, -0.15) is 5.10 Å². The molecule has 1 aromatic heterocycles. The molecule has 0 aliphatic carbocycles. The van der Waals surface area contributed by atoms with Gasteiger partial charge in [0.15, 0.2) is 0 Å². The van der Waals surface area contributed by atoms with Gasteiger partial charge in [-0.1, -0.05) is 30.3 Å². The van der Waals surface area contributed by atoms with Crippen molar-refractivity contribution in [3.63, 3.8) is 0 Å². The number of carbonyl (C=O) groups is 1. The Bertz CT molecular complexity index is 790. The van der Waals surface area contributed by atoms with Gasteiger partial charge < -0.3 is 4.90 Å². The number of carbonyl (C=O) groups excluding carboxylic acids is 1. The van der Waals surface area contributed by atoms with Gasteiger partial charge >= 0.3 is 0 Å². The fraction of sp³-hybridized carbons (Fsp3) is 0.444. The fourth-order valence-corrected chi connectivity index (χ4v) is 3.76. The Hall–Kier alpha value is -2.28. The van der Waals surface area contributed by atoms with Crippen LogP contribution in [0, 0.1) is 0 Å². The normalized spacial score (nSPS) is 22.8. The van der Waals surface area contributed by atoms with E-state index in [1.165, 1.54) is 0 Å². The van der Waals surface area contributed by atoms with E-state index < -0.39 is 5.92 Å². The number of nitrogens with zero attached hydrogens (tertiary/aromatic N) is 4. The molecular formula is C18H20F2N4O. The van der Waals surface area contributed by atoms with E-state index >= 15 is 0 Å². The molecule has 132 valence electrons. The van der Waals surface area contributed by atoms with E-state index in [4.69, 9.17) is 0 Å². The number of halogens is 2. The van der Waals surface area contributed by atoms with Gasteiger partial charge in [-0.15, -0.1) is 0 Å². The van der Waals surface area contributed by atoms with Crippen LogP contribution >= 0.6 is 0 Å². The second kappa shape index (κ2) is 5.91. The summed E-state index contributed by atoms with van der Waals surface area (Å²) in [4.78, 5) is 16.3. The third-order valence-electron chi connectivity index (χ3n) is 5.03. The predicted molar refractivity (Wildman–Crippen MR) is 89.5 cm³/mol. The van der Waals surface area contributed by atoms with Gasteiger partial charge in [0.25, 0.3) is 11.8 Å². The number of benzene rings is 1. The molecule has 1 atom stereocenters. The fourth-order valence-electron chi connectivity index (χ4n) is 3.76. The summed E-state index contributed by atoms with van der Waals surface area (Å²) in [7, 11) is 1.74. The van der Waals surface area contributed by atoms with Crippen LogP contribution in [0.15, 0.2) is 36.4 Å². The molecule has 0 spiro atoms. The minimum Gasteiger partial charge on any atom is -0.334 e. The van der Waals surface area contributed by atoms with Crippen molar-refractivity contribution in [2.24, 2.45) is 7.05 Å². The molecule has 7 heteroatoms. The van der Waals surface area contributed by atoms with Gasteiger partial charge in [0, 0.05) is 44.7 Å². The predicted octanol–water partition coefficient (Wildman–Crippen LogP) is 2.25. The Kier molecular flexibility index (Phi) is 3.83. The van der Waals surface area contributed by atoms with Crippen LogP contribution in [-0.4, -0.2) is 63.6 Å². The minimum atomic E-state index is -2.64. The van der Waals surface area contributed by atoms with Gasteiger partial charge in [-0.05, 0) is 6.07 Å². The maximum Gasteiger partial charge on any atom is 0.272 e. The lowest BCUT2D eigenvalue weighted by molar-refractivity contribution is 0.0121. The zero-order chi connectivity index (χ0) is 17.6. The number of piperazine rings is 1. The molecule has 0 bridgehead atoms. The van der Waals surface area contributed by atoms with Gasteiger partial charge in [0.1, 0.15) is 5.69 Å². The first-order valence-corrected chi connectivity index (χ1v) is 8.43. The van der Waals surface area contributed by atoms with E-state index in [2.05, 4.69) is 5.10 Å². The highest BCUT2D eigenvalue weighted by Crippen LogP contribution is 2.34. The Morgan fingerprint density at radius 1 is 1.24 bits per heavy atom. The SMILES string of the molecule is Cn1nc(-c2ccccc2)cc1C(=O)N1CCN2CC(F)(F)C[C@H]2C1. The van der Waals surface area contributed by atoms with Crippen molar-refractivity contribution in [1.82, 2.24) is 19.6 Å². The molecule has 0 saturated carbocycles. The highest BCUT2D eigenvalue weighted by atomic mass is 19.3. The largest absolute Gasteiger partial charge is 0.334 e. The van der Waals surface area contributed by atoms with Crippen molar-refractivity contribution in [3.8, 4) is 11.3 Å². The highest BCUT2D eigenvalue weighted by Gasteiger charge is 2.47. The van der Waals surface area contributed by atoms with E-state index in [1.54, 1.807) is 27.6 Å². The van der Waals surface area contributed by atoms with E-state index in [-0.39, 0.29) is 24.9 Å². The molecule has 2 saturated heterocycles. The van der Waals surface area contributed by atoms with Crippen LogP contribution in [-0.2, 0) is 7.05 Å². The monoisotopic (exact) mass is 346 g/mol. The molecule has 4 rings (SSSR count). The topological polar surface area (TPSA) is 41.4 Å². The maximum absolute atomic E-state index is 13.6. The number of fused-ring (bicyclic) bond motifs is 1. The van der Waals surface area contributed by atoms with E-state index in [0.29, 0.717) is 25.3 Å². The molecular weight excluding hydrogens is 326 g/mol. The maximum atomic E-state index is 13.6. The molecule has 3 heterocycles. The quantitative estimate of drug-likeness (QED) is 0.838. The lowest BCUT2D eigenvalue weighted by Crippen LogP contribution is -2.52. The number of aryl methyl sites for hydroxylation is 1. The summed E-state index contributed by atoms with van der Waals surface area (Å²) in [5.74, 6) is -2.79. The molecule has 0 N–H and O–H groups in total. The smallest absolute Gasteiger partial charge is 0.272 e. The average Bonchev–Trinajstić information content (AvgIpc) is 3.12. The average molecular weight is 346 g/mol. The van der Waals surface area contributed by atoms with Crippen molar-refractivity contribution < 1.29 is 13.6 Å². The van der Waals surface area contributed by atoms with Crippen LogP contribution in [0.3, 0.4) is 0 Å². The lowest BCUT2D eigenvalue weighted by atomic mass is 10.1. The first kappa shape index (κ1) is 16.2. The molecule has 5 nitrogen and oxygen atoms in total. The summed E-state index contributed by atoms with van der Waals surface area (Å²) in [6.45, 7) is 1.12. The molecule has 2 aliphatic heterocycles. The molecule has 1 amide bonds. The van der Waals surface area contributed by atoms with Gasteiger partial charge in [0.2, 0.25) is 0 Å². The van der Waals surface area contributed by atoms with Gasteiger partial charge in [-0.3, -0.25) is 14.4 Å². The van der Waals surface area contributed by atoms with Crippen molar-refractivity contribution in [3.05, 3.63) is 42.1 Å². The second-order valence-corrected chi connectivity index (χ2v) is 6.84. The van der Waals surface area contributed by atoms with Crippen LogP contribution in [0.2, 0.25) is 0 Å². The zero-order valence-electron chi connectivity index (χ0n) is 14.0. The summed E-state index contributed by atoms with van der Waals surface area (Å²) in [5.41, 5.74) is 2.16. The van der Waals surface area contributed by atoms with Gasteiger partial charge in [0.05, 0.1) is 12.2 Å². The summed E-state index contributed by atoms with van der Waals surface area (Å²) in [6.07, 6.45) is -0.169. The van der Waals surface area contributed by atoms with Crippen molar-refractivity contribution in [1.29, 1.82) is 0 Å². The summed E-state index contributed by atoms with van der Waals surface area (Å²) in [5, 5.41) is 4.43. The summed E-state index contributed by atoms with van der Waals surface area (Å²) >= 11 is 0. The Morgan fingerprint density at radius 2 is 2.00 bits per heavy atom. The van der Waals surface area contributed by atoms with E-state index in [0.717, 1.165) is 11.3 Å². The van der Waals surface area contributed by atoms with Crippen LogP contribution in [0.5, 0.6) is 0 Å². The number of alkyl halides is 2. The van der Waals surface area contributed by atoms with Crippen molar-refractivity contribution in [2.45, 2.75) is 18.4 Å². The molecule has 2 aliphatic rings. The summed E-state index contributed by atoms with van der Waals surface area (Å²) < 4.78 is 28.8. The molecule has 1 aromatic carbocycles. The van der Waals surface area contributed by atoms with Crippen LogP contribution in [0.4, 0.5) is 8.78 Å². The van der Waals surface area contributed by atoms with Crippen LogP contribution < -0.4 is 0 Å². The third-order valence-corrected chi connectivity index (χ3v) is 5.03.